The van der Waals surface area contributed by atoms with Crippen LogP contribution in [0.3, 0.4) is 0 Å². The number of rotatable bonds is 3. The summed E-state index contributed by atoms with van der Waals surface area (Å²) in [5.41, 5.74) is 0.383. The summed E-state index contributed by atoms with van der Waals surface area (Å²) < 4.78 is 13.6. The average Bonchev–Trinajstić information content (AvgIpc) is 2.51. The summed E-state index contributed by atoms with van der Waals surface area (Å²) in [6.45, 7) is 6.66. The van der Waals surface area contributed by atoms with E-state index in [0.29, 0.717) is 24.9 Å². The molecule has 0 radical (unpaired) electrons. The normalized spacial score (nSPS) is 19.7. The summed E-state index contributed by atoms with van der Waals surface area (Å²) in [4.78, 5) is 25.3. The summed E-state index contributed by atoms with van der Waals surface area (Å²) >= 11 is 0. The third kappa shape index (κ3) is 4.46. The lowest BCUT2D eigenvalue weighted by Crippen LogP contribution is -2.49. The van der Waals surface area contributed by atoms with Gasteiger partial charge in [0, 0.05) is 13.1 Å². The molecule has 2 amide bonds. The SMILES string of the molecule is CC(C)(C)C(NC(=O)N1CCCC(C(=O)O)C1)c1cccc(F)c1. The number of amides is 2. The smallest absolute Gasteiger partial charge is 0.317 e. The first kappa shape index (κ1) is 18.2. The number of hydrogen-bond acceptors (Lipinski definition) is 2. The summed E-state index contributed by atoms with van der Waals surface area (Å²) in [5.74, 6) is -1.74. The van der Waals surface area contributed by atoms with Crippen molar-refractivity contribution in [3.05, 3.63) is 35.6 Å². The number of piperidine rings is 1. The highest BCUT2D eigenvalue weighted by Gasteiger charge is 2.32. The molecule has 1 heterocycles. The molecule has 1 aromatic carbocycles. The Labute approximate surface area is 141 Å². The minimum Gasteiger partial charge on any atom is -0.481 e. The quantitative estimate of drug-likeness (QED) is 0.888. The highest BCUT2D eigenvalue weighted by molar-refractivity contribution is 5.77. The molecule has 6 heteroatoms. The number of carbonyl (C=O) groups is 2. The van der Waals surface area contributed by atoms with Gasteiger partial charge in [0.1, 0.15) is 5.82 Å². The predicted molar refractivity (Wildman–Crippen MR) is 89.1 cm³/mol. The number of urea groups is 1. The molecule has 5 nitrogen and oxygen atoms in total. The van der Waals surface area contributed by atoms with Crippen LogP contribution in [0.15, 0.2) is 24.3 Å². The molecule has 0 aliphatic carbocycles. The first-order valence-corrected chi connectivity index (χ1v) is 8.22. The molecule has 132 valence electrons. The van der Waals surface area contributed by atoms with Crippen molar-refractivity contribution >= 4 is 12.0 Å². The highest BCUT2D eigenvalue weighted by atomic mass is 19.1. The summed E-state index contributed by atoms with van der Waals surface area (Å²) in [7, 11) is 0. The molecular weight excluding hydrogens is 311 g/mol. The molecule has 1 saturated heterocycles. The lowest BCUT2D eigenvalue weighted by atomic mass is 9.82. The first-order valence-electron chi connectivity index (χ1n) is 8.22. The second-order valence-corrected chi connectivity index (χ2v) is 7.43. The highest BCUT2D eigenvalue weighted by Crippen LogP contribution is 2.33. The van der Waals surface area contributed by atoms with Crippen LogP contribution in [0.25, 0.3) is 0 Å². The maximum Gasteiger partial charge on any atom is 0.317 e. The van der Waals surface area contributed by atoms with Crippen LogP contribution in [-0.4, -0.2) is 35.1 Å². The van der Waals surface area contributed by atoms with Gasteiger partial charge in [-0.05, 0) is 36.0 Å². The van der Waals surface area contributed by atoms with Crippen LogP contribution in [0.2, 0.25) is 0 Å². The summed E-state index contributed by atoms with van der Waals surface area (Å²) in [5, 5.41) is 12.1. The maximum absolute atomic E-state index is 13.6. The van der Waals surface area contributed by atoms with E-state index in [-0.39, 0.29) is 29.8 Å². The van der Waals surface area contributed by atoms with Crippen molar-refractivity contribution in [1.29, 1.82) is 0 Å². The van der Waals surface area contributed by atoms with Gasteiger partial charge in [0.05, 0.1) is 12.0 Å². The molecule has 2 atom stereocenters. The molecular formula is C18H25FN2O3. The number of likely N-dealkylation sites (tertiary alicyclic amines) is 1. The molecule has 1 aromatic rings. The molecule has 0 aromatic heterocycles. The number of nitrogens with one attached hydrogen (secondary N) is 1. The van der Waals surface area contributed by atoms with Crippen molar-refractivity contribution in [3.63, 3.8) is 0 Å². The van der Waals surface area contributed by atoms with Gasteiger partial charge in [-0.15, -0.1) is 0 Å². The summed E-state index contributed by atoms with van der Waals surface area (Å²) in [6.07, 6.45) is 1.26. The molecule has 24 heavy (non-hydrogen) atoms. The number of nitrogens with zero attached hydrogens (tertiary/aromatic N) is 1. The van der Waals surface area contributed by atoms with E-state index in [1.165, 1.54) is 12.1 Å². The maximum atomic E-state index is 13.6. The fraction of sp³-hybridized carbons (Fsp3) is 0.556. The molecule has 1 aliphatic heterocycles. The van der Waals surface area contributed by atoms with Crippen LogP contribution >= 0.6 is 0 Å². The van der Waals surface area contributed by atoms with Gasteiger partial charge in [0.2, 0.25) is 0 Å². The van der Waals surface area contributed by atoms with Crippen LogP contribution in [0.4, 0.5) is 9.18 Å². The predicted octanol–water partition coefficient (Wildman–Crippen LogP) is 3.42. The summed E-state index contributed by atoms with van der Waals surface area (Å²) in [6, 6.07) is 5.53. The zero-order valence-corrected chi connectivity index (χ0v) is 14.4. The van der Waals surface area contributed by atoms with E-state index in [2.05, 4.69) is 5.32 Å². The van der Waals surface area contributed by atoms with Gasteiger partial charge in [0.15, 0.2) is 0 Å². The molecule has 0 spiro atoms. The number of carboxylic acids is 1. The van der Waals surface area contributed by atoms with E-state index in [4.69, 9.17) is 5.11 Å². The number of aliphatic carboxylic acids is 1. The molecule has 2 N–H and O–H groups in total. The van der Waals surface area contributed by atoms with Gasteiger partial charge < -0.3 is 15.3 Å². The monoisotopic (exact) mass is 336 g/mol. The van der Waals surface area contributed by atoms with Crippen molar-refractivity contribution in [2.24, 2.45) is 11.3 Å². The van der Waals surface area contributed by atoms with Gasteiger partial charge in [0.25, 0.3) is 0 Å². The number of hydrogen-bond donors (Lipinski definition) is 2. The minimum atomic E-state index is -0.870. The lowest BCUT2D eigenvalue weighted by Gasteiger charge is -2.36. The molecule has 1 fully saturated rings. The van der Waals surface area contributed by atoms with E-state index in [0.717, 1.165) is 0 Å². The Morgan fingerprint density at radius 1 is 1.38 bits per heavy atom. The Balaban J connectivity index is 2.15. The standard InChI is InChI=1S/C18H25FN2O3/c1-18(2,3)15(12-6-4-8-14(19)10-12)20-17(24)21-9-5-7-13(11-21)16(22)23/h4,6,8,10,13,15H,5,7,9,11H2,1-3H3,(H,20,24)(H,22,23). The second-order valence-electron chi connectivity index (χ2n) is 7.43. The van der Waals surface area contributed by atoms with Gasteiger partial charge >= 0.3 is 12.0 Å². The van der Waals surface area contributed by atoms with E-state index in [1.807, 2.05) is 20.8 Å². The Hall–Kier alpha value is -2.11. The number of carbonyl (C=O) groups excluding carboxylic acids is 1. The second kappa shape index (κ2) is 7.20. The average molecular weight is 336 g/mol. The van der Waals surface area contributed by atoms with Crippen LogP contribution in [0.1, 0.15) is 45.2 Å². The molecule has 2 rings (SSSR count). The molecule has 1 aliphatic rings. The van der Waals surface area contributed by atoms with E-state index >= 15 is 0 Å². The Bertz CT molecular complexity index is 613. The number of benzene rings is 1. The van der Waals surface area contributed by atoms with Gasteiger partial charge in [-0.25, -0.2) is 9.18 Å². The zero-order valence-electron chi connectivity index (χ0n) is 14.4. The Morgan fingerprint density at radius 2 is 2.08 bits per heavy atom. The van der Waals surface area contributed by atoms with Crippen molar-refractivity contribution in [2.45, 2.75) is 39.7 Å². The fourth-order valence-electron chi connectivity index (χ4n) is 3.06. The van der Waals surface area contributed by atoms with Crippen LogP contribution in [0.5, 0.6) is 0 Å². The van der Waals surface area contributed by atoms with E-state index in [1.54, 1.807) is 17.0 Å². The number of carboxylic acid groups (broad SMARTS) is 1. The zero-order chi connectivity index (χ0) is 17.9. The minimum absolute atomic E-state index is 0.210. The van der Waals surface area contributed by atoms with Crippen LogP contribution in [0, 0.1) is 17.2 Å². The lowest BCUT2D eigenvalue weighted by molar-refractivity contribution is -0.143. The number of halogens is 1. The van der Waals surface area contributed by atoms with Crippen molar-refractivity contribution in [3.8, 4) is 0 Å². The van der Waals surface area contributed by atoms with E-state index in [9.17, 15) is 14.0 Å². The third-order valence-electron chi connectivity index (χ3n) is 4.37. The van der Waals surface area contributed by atoms with Crippen LogP contribution < -0.4 is 5.32 Å². The Morgan fingerprint density at radius 3 is 2.67 bits per heavy atom. The molecule has 2 unspecified atom stereocenters. The topological polar surface area (TPSA) is 69.6 Å². The Kier molecular flexibility index (Phi) is 5.47. The van der Waals surface area contributed by atoms with Gasteiger partial charge in [-0.1, -0.05) is 32.9 Å². The molecule has 0 bridgehead atoms. The van der Waals surface area contributed by atoms with Crippen LogP contribution in [-0.2, 0) is 4.79 Å². The van der Waals surface area contributed by atoms with Crippen molar-refractivity contribution < 1.29 is 19.1 Å². The van der Waals surface area contributed by atoms with Crippen molar-refractivity contribution in [2.75, 3.05) is 13.1 Å². The largest absolute Gasteiger partial charge is 0.481 e. The first-order chi connectivity index (χ1) is 11.2. The fourth-order valence-corrected chi connectivity index (χ4v) is 3.06. The van der Waals surface area contributed by atoms with Gasteiger partial charge in [-0.2, -0.15) is 0 Å². The van der Waals surface area contributed by atoms with Gasteiger partial charge in [-0.3, -0.25) is 4.79 Å². The molecule has 0 saturated carbocycles. The third-order valence-corrected chi connectivity index (χ3v) is 4.37. The van der Waals surface area contributed by atoms with Crippen molar-refractivity contribution in [1.82, 2.24) is 10.2 Å². The van der Waals surface area contributed by atoms with E-state index < -0.39 is 11.9 Å².